The van der Waals surface area contributed by atoms with E-state index >= 15 is 0 Å². The molecule has 0 aliphatic carbocycles. The van der Waals surface area contributed by atoms with Gasteiger partial charge in [0.1, 0.15) is 23.4 Å². The molecule has 1 atom stereocenters. The summed E-state index contributed by atoms with van der Waals surface area (Å²) >= 11 is 0. The van der Waals surface area contributed by atoms with Crippen molar-refractivity contribution < 1.29 is 13.6 Å². The van der Waals surface area contributed by atoms with Gasteiger partial charge in [-0.25, -0.2) is 13.8 Å². The summed E-state index contributed by atoms with van der Waals surface area (Å²) in [7, 11) is 1.79. The number of nitrogens with two attached hydrogens (primary N) is 1. The molecule has 0 spiro atoms. The predicted molar refractivity (Wildman–Crippen MR) is 113 cm³/mol. The van der Waals surface area contributed by atoms with Crippen LogP contribution in [-0.2, 0) is 11.2 Å². The van der Waals surface area contributed by atoms with Crippen LogP contribution in [0.2, 0.25) is 0 Å². The van der Waals surface area contributed by atoms with Crippen molar-refractivity contribution in [1.82, 2.24) is 9.97 Å². The number of amides is 1. The topological polar surface area (TPSA) is 109 Å². The van der Waals surface area contributed by atoms with Crippen LogP contribution < -0.4 is 21.3 Å². The lowest BCUT2D eigenvalue weighted by atomic mass is 10.1. The number of halogens is 2. The Hall–Kier alpha value is -3.56. The molecule has 0 saturated carbocycles. The number of carbonyl (C=O) groups excluding carboxylic acids is 1. The van der Waals surface area contributed by atoms with Crippen LogP contribution in [0.3, 0.4) is 0 Å². The standard InChI is InChI=1S/C20H23F2N7O/c1-12-19(30)27-17-11-26-20(28-18(17)29(12)2)25-10-13(8-23)9-24-6-5-14-3-4-15(21)7-16(14)22/h3-4,7-9,11-12H,5-6,10,23H2,1-2H3,(H,27,30)(H,25,26,28)/t12-/m0/s1. The molecule has 2 aromatic rings. The second-order valence-electron chi connectivity index (χ2n) is 6.82. The number of nitrogens with one attached hydrogen (secondary N) is 2. The quantitative estimate of drug-likeness (QED) is 0.598. The molecule has 1 aromatic heterocycles. The maximum Gasteiger partial charge on any atom is 0.246 e. The van der Waals surface area contributed by atoms with Crippen LogP contribution in [0, 0.1) is 11.6 Å². The van der Waals surface area contributed by atoms with Crippen LogP contribution in [0.4, 0.5) is 26.2 Å². The Bertz CT molecular complexity index is 993. The van der Waals surface area contributed by atoms with Gasteiger partial charge in [-0.2, -0.15) is 4.98 Å². The van der Waals surface area contributed by atoms with Crippen molar-refractivity contribution >= 4 is 29.6 Å². The number of nitrogens with zero attached hydrogens (tertiary/aromatic N) is 4. The summed E-state index contributed by atoms with van der Waals surface area (Å²) in [6.07, 6.45) is 4.88. The van der Waals surface area contributed by atoms with Crippen LogP contribution in [0.25, 0.3) is 0 Å². The minimum Gasteiger partial charge on any atom is -0.404 e. The lowest BCUT2D eigenvalue weighted by molar-refractivity contribution is -0.117. The minimum absolute atomic E-state index is 0.112. The third-order valence-corrected chi connectivity index (χ3v) is 4.77. The average Bonchev–Trinajstić information content (AvgIpc) is 2.73. The first kappa shape index (κ1) is 21.2. The number of anilines is 3. The molecule has 1 aliphatic rings. The number of rotatable bonds is 7. The van der Waals surface area contributed by atoms with Gasteiger partial charge in [0.25, 0.3) is 0 Å². The van der Waals surface area contributed by atoms with Gasteiger partial charge in [0.2, 0.25) is 11.9 Å². The largest absolute Gasteiger partial charge is 0.404 e. The zero-order chi connectivity index (χ0) is 21.7. The van der Waals surface area contributed by atoms with Crippen LogP contribution in [0.15, 0.2) is 41.2 Å². The summed E-state index contributed by atoms with van der Waals surface area (Å²) in [4.78, 5) is 26.5. The van der Waals surface area contributed by atoms with Crippen LogP contribution >= 0.6 is 0 Å². The number of hydrogen-bond donors (Lipinski definition) is 3. The number of aromatic nitrogens is 2. The summed E-state index contributed by atoms with van der Waals surface area (Å²) in [5.41, 5.74) is 7.28. The Morgan fingerprint density at radius 1 is 1.43 bits per heavy atom. The highest BCUT2D eigenvalue weighted by Gasteiger charge is 2.28. The highest BCUT2D eigenvalue weighted by molar-refractivity contribution is 6.02. The monoisotopic (exact) mass is 415 g/mol. The van der Waals surface area contributed by atoms with Crippen LogP contribution in [-0.4, -0.2) is 48.3 Å². The van der Waals surface area contributed by atoms with E-state index in [-0.39, 0.29) is 11.9 Å². The molecule has 3 rings (SSSR count). The second kappa shape index (κ2) is 9.29. The van der Waals surface area contributed by atoms with Gasteiger partial charge in [0.15, 0.2) is 5.82 Å². The summed E-state index contributed by atoms with van der Waals surface area (Å²) in [6.45, 7) is 2.45. The fourth-order valence-corrected chi connectivity index (χ4v) is 2.83. The Morgan fingerprint density at radius 3 is 2.97 bits per heavy atom. The predicted octanol–water partition coefficient (Wildman–Crippen LogP) is 2.10. The van der Waals surface area contributed by atoms with Gasteiger partial charge in [0.05, 0.1) is 6.20 Å². The van der Waals surface area contributed by atoms with Gasteiger partial charge < -0.3 is 21.3 Å². The Labute approximate surface area is 172 Å². The molecule has 1 amide bonds. The number of likely N-dealkylation sites (N-methyl/N-ethyl adjacent to an activating group) is 1. The first-order valence-corrected chi connectivity index (χ1v) is 9.38. The molecule has 8 nitrogen and oxygen atoms in total. The van der Waals surface area contributed by atoms with Crippen molar-refractivity contribution in [3.8, 4) is 0 Å². The lowest BCUT2D eigenvalue weighted by Crippen LogP contribution is -2.44. The smallest absolute Gasteiger partial charge is 0.246 e. The number of benzene rings is 1. The molecule has 30 heavy (non-hydrogen) atoms. The lowest BCUT2D eigenvalue weighted by Gasteiger charge is -2.31. The fraction of sp³-hybridized carbons (Fsp3) is 0.300. The molecule has 0 bridgehead atoms. The summed E-state index contributed by atoms with van der Waals surface area (Å²) < 4.78 is 26.6. The molecular formula is C20H23F2N7O. The van der Waals surface area contributed by atoms with E-state index in [1.165, 1.54) is 18.3 Å². The van der Waals surface area contributed by atoms with Crippen molar-refractivity contribution in [2.75, 3.05) is 35.7 Å². The summed E-state index contributed by atoms with van der Waals surface area (Å²) in [6, 6.07) is 3.16. The number of aliphatic imine (C=N–C) groups is 1. The van der Waals surface area contributed by atoms with Crippen LogP contribution in [0.1, 0.15) is 12.5 Å². The number of carbonyl (C=O) groups is 1. The van der Waals surface area contributed by atoms with Gasteiger partial charge in [-0.3, -0.25) is 9.79 Å². The number of fused-ring (bicyclic) bond motifs is 1. The summed E-state index contributed by atoms with van der Waals surface area (Å²) in [5, 5.41) is 5.83. The summed E-state index contributed by atoms with van der Waals surface area (Å²) in [5.74, 6) is -0.301. The first-order valence-electron chi connectivity index (χ1n) is 9.38. The highest BCUT2D eigenvalue weighted by Crippen LogP contribution is 2.28. The molecule has 0 saturated heterocycles. The van der Waals surface area contributed by atoms with E-state index in [1.54, 1.807) is 31.3 Å². The zero-order valence-electron chi connectivity index (χ0n) is 16.7. The van der Waals surface area contributed by atoms with Gasteiger partial charge in [0, 0.05) is 44.2 Å². The van der Waals surface area contributed by atoms with Gasteiger partial charge in [-0.05, 0) is 25.0 Å². The Morgan fingerprint density at radius 2 is 2.23 bits per heavy atom. The second-order valence-corrected chi connectivity index (χ2v) is 6.82. The molecule has 0 fully saturated rings. The first-order chi connectivity index (χ1) is 14.4. The molecule has 0 unspecified atom stereocenters. The maximum absolute atomic E-state index is 13.6. The maximum atomic E-state index is 13.6. The van der Waals surface area contributed by atoms with Crippen LogP contribution in [0.5, 0.6) is 0 Å². The molecule has 158 valence electrons. The Kier molecular flexibility index (Phi) is 6.55. The SMILES string of the molecule is C[C@H]1C(=O)Nc2cnc(NCC(C=NCCc3ccc(F)cc3F)=CN)nc2N1C. The molecule has 10 heteroatoms. The van der Waals surface area contributed by atoms with Crippen molar-refractivity contribution in [2.24, 2.45) is 10.7 Å². The zero-order valence-corrected chi connectivity index (χ0v) is 16.7. The van der Waals surface area contributed by atoms with Crippen molar-refractivity contribution in [1.29, 1.82) is 0 Å². The third kappa shape index (κ3) is 4.88. The average molecular weight is 415 g/mol. The van der Waals surface area contributed by atoms with E-state index in [0.717, 1.165) is 6.07 Å². The van der Waals surface area contributed by atoms with Crippen molar-refractivity contribution in [3.63, 3.8) is 0 Å². The number of hydrogen-bond acceptors (Lipinski definition) is 7. The molecular weight excluding hydrogens is 392 g/mol. The third-order valence-electron chi connectivity index (χ3n) is 4.77. The van der Waals surface area contributed by atoms with E-state index in [0.29, 0.717) is 48.1 Å². The van der Waals surface area contributed by atoms with E-state index < -0.39 is 11.6 Å². The van der Waals surface area contributed by atoms with E-state index in [4.69, 9.17) is 5.73 Å². The minimum atomic E-state index is -0.605. The fourth-order valence-electron chi connectivity index (χ4n) is 2.83. The van der Waals surface area contributed by atoms with E-state index in [1.807, 2.05) is 0 Å². The molecule has 1 aromatic carbocycles. The Balaban J connectivity index is 1.55. The molecule has 1 aliphatic heterocycles. The van der Waals surface area contributed by atoms with E-state index in [2.05, 4.69) is 25.6 Å². The molecule has 0 radical (unpaired) electrons. The van der Waals surface area contributed by atoms with Gasteiger partial charge in [-0.15, -0.1) is 0 Å². The van der Waals surface area contributed by atoms with Gasteiger partial charge in [-0.1, -0.05) is 6.07 Å². The van der Waals surface area contributed by atoms with E-state index in [9.17, 15) is 13.6 Å². The highest BCUT2D eigenvalue weighted by atomic mass is 19.1. The molecule has 4 N–H and O–H groups in total. The normalized spacial score (nSPS) is 16.5. The van der Waals surface area contributed by atoms with Gasteiger partial charge >= 0.3 is 0 Å². The molecule has 2 heterocycles. The van der Waals surface area contributed by atoms with Crippen molar-refractivity contribution in [2.45, 2.75) is 19.4 Å². The van der Waals surface area contributed by atoms with Crippen molar-refractivity contribution in [3.05, 3.63) is 53.4 Å².